The molecule has 0 saturated carbocycles. The van der Waals surface area contributed by atoms with Crippen LogP contribution in [0.4, 0.5) is 0 Å². The fraction of sp³-hybridized carbons (Fsp3) is 0.0769. The molecule has 0 aliphatic heterocycles. The summed E-state index contributed by atoms with van der Waals surface area (Å²) in [6, 6.07) is 10.9. The third-order valence-electron chi connectivity index (χ3n) is 2.40. The zero-order valence-corrected chi connectivity index (χ0v) is 10.2. The maximum absolute atomic E-state index is 7.98. The molecule has 1 aromatic heterocycles. The van der Waals surface area contributed by atoms with Crippen LogP contribution in [0.2, 0.25) is 0 Å². The number of hydrogen-bond donors (Lipinski definition) is 2. The fourth-order valence-electron chi connectivity index (χ4n) is 1.45. The Morgan fingerprint density at radius 1 is 1.06 bits per heavy atom. The van der Waals surface area contributed by atoms with Gasteiger partial charge in [-0.3, -0.25) is 10.8 Å². The normalized spacial score (nSPS) is 9.94. The SMILES string of the molecule is COc1ccc(C(=N)C(=N)c2cccs2)cc1. The second-order valence-electron chi connectivity index (χ2n) is 3.46. The summed E-state index contributed by atoms with van der Waals surface area (Å²) in [7, 11) is 1.61. The molecule has 2 rings (SSSR count). The van der Waals surface area contributed by atoms with Gasteiger partial charge in [0.25, 0.3) is 0 Å². The van der Waals surface area contributed by atoms with Gasteiger partial charge in [0.2, 0.25) is 0 Å². The Morgan fingerprint density at radius 3 is 2.29 bits per heavy atom. The van der Waals surface area contributed by atoms with Gasteiger partial charge in [0.1, 0.15) is 5.75 Å². The van der Waals surface area contributed by atoms with E-state index in [-0.39, 0.29) is 11.4 Å². The Balaban J connectivity index is 2.22. The summed E-state index contributed by atoms with van der Waals surface area (Å²) < 4.78 is 5.06. The van der Waals surface area contributed by atoms with Crippen molar-refractivity contribution in [3.05, 3.63) is 52.2 Å². The average molecular weight is 244 g/mol. The van der Waals surface area contributed by atoms with Crippen LogP contribution in [0, 0.1) is 10.8 Å². The molecular formula is C13H12N2OS. The van der Waals surface area contributed by atoms with Crippen LogP contribution in [0.1, 0.15) is 10.4 Å². The van der Waals surface area contributed by atoms with Gasteiger partial charge >= 0.3 is 0 Å². The number of nitrogens with one attached hydrogen (secondary N) is 2. The standard InChI is InChI=1S/C13H12N2OS/c1-16-10-6-4-9(5-7-10)12(14)13(15)11-3-2-8-17-11/h2-8,14-15H,1H3. The number of rotatable bonds is 4. The van der Waals surface area contributed by atoms with Crippen molar-refractivity contribution in [2.45, 2.75) is 0 Å². The minimum absolute atomic E-state index is 0.232. The van der Waals surface area contributed by atoms with E-state index in [1.165, 1.54) is 11.3 Å². The van der Waals surface area contributed by atoms with Crippen molar-refractivity contribution >= 4 is 22.8 Å². The van der Waals surface area contributed by atoms with Gasteiger partial charge in [-0.15, -0.1) is 11.3 Å². The highest BCUT2D eigenvalue weighted by Crippen LogP contribution is 2.15. The van der Waals surface area contributed by atoms with E-state index >= 15 is 0 Å². The zero-order chi connectivity index (χ0) is 12.3. The topological polar surface area (TPSA) is 56.9 Å². The Hall–Kier alpha value is -1.94. The van der Waals surface area contributed by atoms with E-state index in [4.69, 9.17) is 15.6 Å². The molecule has 0 amide bonds. The van der Waals surface area contributed by atoms with Crippen LogP contribution in [0.25, 0.3) is 0 Å². The van der Waals surface area contributed by atoms with Crippen LogP contribution in [-0.4, -0.2) is 18.5 Å². The highest BCUT2D eigenvalue weighted by atomic mass is 32.1. The van der Waals surface area contributed by atoms with Gasteiger partial charge in [-0.1, -0.05) is 6.07 Å². The first-order valence-electron chi connectivity index (χ1n) is 5.08. The van der Waals surface area contributed by atoms with Gasteiger partial charge in [-0.25, -0.2) is 0 Å². The summed E-state index contributed by atoms with van der Waals surface area (Å²) in [4.78, 5) is 0.811. The van der Waals surface area contributed by atoms with Gasteiger partial charge in [0.15, 0.2) is 0 Å². The predicted octanol–water partition coefficient (Wildman–Crippen LogP) is 3.19. The van der Waals surface area contributed by atoms with Crippen molar-refractivity contribution in [2.75, 3.05) is 7.11 Å². The molecule has 0 aliphatic carbocycles. The van der Waals surface area contributed by atoms with Gasteiger partial charge in [-0.2, -0.15) is 0 Å². The van der Waals surface area contributed by atoms with Gasteiger partial charge in [0.05, 0.1) is 23.4 Å². The lowest BCUT2D eigenvalue weighted by Crippen LogP contribution is -2.13. The molecule has 0 atom stereocenters. The number of hydrogen-bond acceptors (Lipinski definition) is 4. The lowest BCUT2D eigenvalue weighted by molar-refractivity contribution is 0.415. The monoisotopic (exact) mass is 244 g/mol. The Labute approximate surface area is 104 Å². The summed E-state index contributed by atoms with van der Waals surface area (Å²) in [6.07, 6.45) is 0. The van der Waals surface area contributed by atoms with Crippen LogP contribution >= 0.6 is 11.3 Å². The molecule has 2 aromatic rings. The molecule has 0 fully saturated rings. The summed E-state index contributed by atoms with van der Waals surface area (Å²) >= 11 is 1.47. The molecule has 0 saturated heterocycles. The minimum atomic E-state index is 0.232. The number of ether oxygens (including phenoxy) is 1. The van der Waals surface area contributed by atoms with Gasteiger partial charge in [-0.05, 0) is 35.7 Å². The summed E-state index contributed by atoms with van der Waals surface area (Å²) in [5, 5.41) is 17.8. The van der Waals surface area contributed by atoms with Gasteiger partial charge in [0, 0.05) is 5.56 Å². The average Bonchev–Trinajstić information content (AvgIpc) is 2.91. The van der Waals surface area contributed by atoms with Crippen molar-refractivity contribution in [3.8, 4) is 5.75 Å². The molecule has 0 radical (unpaired) electrons. The van der Waals surface area contributed by atoms with E-state index in [9.17, 15) is 0 Å². The first kappa shape index (κ1) is 11.5. The summed E-state index contributed by atoms with van der Waals surface area (Å²) in [5.74, 6) is 0.754. The molecule has 2 N–H and O–H groups in total. The Morgan fingerprint density at radius 2 is 1.76 bits per heavy atom. The van der Waals surface area contributed by atoms with Crippen LogP contribution < -0.4 is 4.74 Å². The molecule has 1 heterocycles. The van der Waals surface area contributed by atoms with Crippen molar-refractivity contribution < 1.29 is 4.74 Å². The van der Waals surface area contributed by atoms with Crippen molar-refractivity contribution in [1.29, 1.82) is 10.8 Å². The lowest BCUT2D eigenvalue weighted by atomic mass is 10.1. The van der Waals surface area contributed by atoms with Crippen molar-refractivity contribution in [1.82, 2.24) is 0 Å². The smallest absolute Gasteiger partial charge is 0.118 e. The largest absolute Gasteiger partial charge is 0.497 e. The van der Waals surface area contributed by atoms with Crippen LogP contribution in [0.3, 0.4) is 0 Å². The van der Waals surface area contributed by atoms with Crippen molar-refractivity contribution in [3.63, 3.8) is 0 Å². The molecule has 3 nitrogen and oxygen atoms in total. The molecule has 0 spiro atoms. The maximum Gasteiger partial charge on any atom is 0.118 e. The van der Waals surface area contributed by atoms with E-state index in [0.717, 1.165) is 16.2 Å². The first-order chi connectivity index (χ1) is 8.22. The molecule has 1 aromatic carbocycles. The lowest BCUT2D eigenvalue weighted by Gasteiger charge is -2.05. The molecule has 86 valence electrons. The Bertz CT molecular complexity index is 529. The molecule has 0 bridgehead atoms. The number of benzene rings is 1. The summed E-state index contributed by atoms with van der Waals surface area (Å²) in [6.45, 7) is 0. The highest BCUT2D eigenvalue weighted by Gasteiger charge is 2.11. The quantitative estimate of drug-likeness (QED) is 0.797. The minimum Gasteiger partial charge on any atom is -0.497 e. The Kier molecular flexibility index (Phi) is 3.35. The maximum atomic E-state index is 7.98. The first-order valence-corrected chi connectivity index (χ1v) is 5.96. The third-order valence-corrected chi connectivity index (χ3v) is 3.28. The molecule has 0 aliphatic rings. The number of thiophene rings is 1. The second kappa shape index (κ2) is 4.93. The van der Waals surface area contributed by atoms with E-state index in [1.54, 1.807) is 31.4 Å². The molecule has 4 heteroatoms. The molecule has 0 unspecified atom stereocenters. The van der Waals surface area contributed by atoms with Gasteiger partial charge < -0.3 is 4.74 Å². The fourth-order valence-corrected chi connectivity index (χ4v) is 2.13. The van der Waals surface area contributed by atoms with E-state index in [2.05, 4.69) is 0 Å². The van der Waals surface area contributed by atoms with E-state index < -0.39 is 0 Å². The predicted molar refractivity (Wildman–Crippen MR) is 71.0 cm³/mol. The van der Waals surface area contributed by atoms with Crippen LogP contribution in [0.5, 0.6) is 5.75 Å². The number of methoxy groups -OCH3 is 1. The van der Waals surface area contributed by atoms with Crippen molar-refractivity contribution in [2.24, 2.45) is 0 Å². The second-order valence-corrected chi connectivity index (χ2v) is 4.40. The van der Waals surface area contributed by atoms with E-state index in [1.807, 2.05) is 17.5 Å². The van der Waals surface area contributed by atoms with Crippen LogP contribution in [-0.2, 0) is 0 Å². The highest BCUT2D eigenvalue weighted by molar-refractivity contribution is 7.13. The summed E-state index contributed by atoms with van der Waals surface area (Å²) in [5.41, 5.74) is 1.21. The third kappa shape index (κ3) is 2.42. The van der Waals surface area contributed by atoms with E-state index in [0.29, 0.717) is 0 Å². The van der Waals surface area contributed by atoms with Crippen LogP contribution in [0.15, 0.2) is 41.8 Å². The zero-order valence-electron chi connectivity index (χ0n) is 9.36. The molecular weight excluding hydrogens is 232 g/mol. The molecule has 17 heavy (non-hydrogen) atoms.